The Morgan fingerprint density at radius 1 is 1.04 bits per heavy atom. The van der Waals surface area contributed by atoms with Crippen LogP contribution in [0.5, 0.6) is 5.75 Å². The van der Waals surface area contributed by atoms with Crippen molar-refractivity contribution in [2.24, 2.45) is 40.9 Å². The fourth-order valence-corrected chi connectivity index (χ4v) is 7.19. The minimum atomic E-state index is 0.00147. The third kappa shape index (κ3) is 1.80. The molecule has 4 aliphatic rings. The van der Waals surface area contributed by atoms with Crippen LogP contribution >= 0.6 is 0 Å². The normalized spacial score (nSPS) is 41.7. The second kappa shape index (κ2) is 5.00. The van der Waals surface area contributed by atoms with Gasteiger partial charge >= 0.3 is 5.97 Å². The van der Waals surface area contributed by atoms with Crippen molar-refractivity contribution in [1.29, 1.82) is 0 Å². The monoisotopic (exact) mass is 344 g/mol. The number of esters is 1. The molecule has 6 rings (SSSR count). The highest BCUT2D eigenvalue weighted by atomic mass is 16.5. The first-order chi connectivity index (χ1) is 12.6. The minimum Gasteiger partial charge on any atom is -0.426 e. The molecule has 0 radical (unpaired) electrons. The molecular formula is C24H24O2. The maximum absolute atomic E-state index is 13.0. The van der Waals surface area contributed by atoms with Gasteiger partial charge in [0.15, 0.2) is 0 Å². The molecule has 2 aromatic carbocycles. The minimum absolute atomic E-state index is 0.00147. The summed E-state index contributed by atoms with van der Waals surface area (Å²) in [6, 6.07) is 14.2. The van der Waals surface area contributed by atoms with Gasteiger partial charge in [0.2, 0.25) is 0 Å². The third-order valence-electron chi connectivity index (χ3n) is 8.29. The van der Waals surface area contributed by atoms with E-state index in [0.717, 1.165) is 17.7 Å². The number of benzene rings is 2. The summed E-state index contributed by atoms with van der Waals surface area (Å²) in [5, 5.41) is 2.30. The lowest BCUT2D eigenvalue weighted by Crippen LogP contribution is -2.42. The average molecular weight is 344 g/mol. The van der Waals surface area contributed by atoms with E-state index in [9.17, 15) is 4.79 Å². The summed E-state index contributed by atoms with van der Waals surface area (Å²) >= 11 is 0. The summed E-state index contributed by atoms with van der Waals surface area (Å²) in [5.41, 5.74) is 0.448. The zero-order valence-corrected chi connectivity index (χ0v) is 15.1. The van der Waals surface area contributed by atoms with Gasteiger partial charge in [-0.2, -0.15) is 0 Å². The first kappa shape index (κ1) is 15.0. The largest absolute Gasteiger partial charge is 0.426 e. The highest BCUT2D eigenvalue weighted by molar-refractivity contribution is 5.85. The molecule has 2 nitrogen and oxygen atoms in total. The summed E-state index contributed by atoms with van der Waals surface area (Å²) < 4.78 is 5.86. The lowest BCUT2D eigenvalue weighted by molar-refractivity contribution is -0.143. The summed E-state index contributed by atoms with van der Waals surface area (Å²) in [7, 11) is 0. The van der Waals surface area contributed by atoms with Crippen LogP contribution in [0, 0.1) is 40.9 Å². The van der Waals surface area contributed by atoms with Crippen LogP contribution in [0.1, 0.15) is 26.2 Å². The van der Waals surface area contributed by atoms with E-state index in [1.807, 2.05) is 30.3 Å². The Morgan fingerprint density at radius 2 is 1.88 bits per heavy atom. The van der Waals surface area contributed by atoms with E-state index in [2.05, 4.69) is 31.2 Å². The average Bonchev–Trinajstić information content (AvgIpc) is 3.39. The van der Waals surface area contributed by atoms with Crippen LogP contribution in [-0.2, 0) is 4.79 Å². The predicted octanol–water partition coefficient (Wildman–Crippen LogP) is 5.23. The molecule has 3 saturated carbocycles. The van der Waals surface area contributed by atoms with Gasteiger partial charge in [0.05, 0.1) is 5.92 Å². The Bertz CT molecular complexity index is 944. The van der Waals surface area contributed by atoms with Crippen LogP contribution in [0.15, 0.2) is 54.6 Å². The zero-order chi connectivity index (χ0) is 17.5. The van der Waals surface area contributed by atoms with Gasteiger partial charge in [-0.1, -0.05) is 49.4 Å². The fraction of sp³-hybridized carbons (Fsp3) is 0.458. The summed E-state index contributed by atoms with van der Waals surface area (Å²) in [6.07, 6.45) is 8.48. The Hall–Kier alpha value is -2.09. The van der Waals surface area contributed by atoms with E-state index < -0.39 is 0 Å². The van der Waals surface area contributed by atoms with E-state index in [1.54, 1.807) is 0 Å². The SMILES string of the molecule is CC12C3C=CC(C3)C1C1CC2CC1C(=O)Oc1ccc2ccccc2c1. The maximum Gasteiger partial charge on any atom is 0.314 e. The van der Waals surface area contributed by atoms with Crippen molar-refractivity contribution in [3.8, 4) is 5.75 Å². The van der Waals surface area contributed by atoms with Crippen LogP contribution in [0.3, 0.4) is 0 Å². The fourth-order valence-electron chi connectivity index (χ4n) is 7.19. The molecule has 7 atom stereocenters. The van der Waals surface area contributed by atoms with Gasteiger partial charge in [-0.05, 0) is 77.2 Å². The lowest BCUT2D eigenvalue weighted by Gasteiger charge is -2.44. The highest BCUT2D eigenvalue weighted by Gasteiger charge is 2.68. The Morgan fingerprint density at radius 3 is 2.77 bits per heavy atom. The van der Waals surface area contributed by atoms with Crippen molar-refractivity contribution < 1.29 is 9.53 Å². The smallest absolute Gasteiger partial charge is 0.314 e. The molecule has 0 saturated heterocycles. The number of ether oxygens (including phenoxy) is 1. The second-order valence-corrected chi connectivity index (χ2v) is 9.15. The number of hydrogen-bond acceptors (Lipinski definition) is 2. The van der Waals surface area contributed by atoms with E-state index in [-0.39, 0.29) is 11.9 Å². The summed E-state index contributed by atoms with van der Waals surface area (Å²) in [4.78, 5) is 13.0. The third-order valence-corrected chi connectivity index (χ3v) is 8.29. The van der Waals surface area contributed by atoms with Crippen LogP contribution in [0.25, 0.3) is 10.8 Å². The van der Waals surface area contributed by atoms with Crippen LogP contribution in [0.2, 0.25) is 0 Å². The number of fused-ring (bicyclic) bond motifs is 10. The first-order valence-electron chi connectivity index (χ1n) is 10.0. The Balaban J connectivity index is 1.25. The number of carbonyl (C=O) groups excluding carboxylic acids is 1. The van der Waals surface area contributed by atoms with Crippen LogP contribution < -0.4 is 4.74 Å². The molecule has 0 spiro atoms. The lowest BCUT2D eigenvalue weighted by atomic mass is 9.60. The van der Waals surface area contributed by atoms with Gasteiger partial charge in [0.25, 0.3) is 0 Å². The van der Waals surface area contributed by atoms with Crippen LogP contribution in [0.4, 0.5) is 0 Å². The number of hydrogen-bond donors (Lipinski definition) is 0. The summed E-state index contributed by atoms with van der Waals surface area (Å²) in [6.45, 7) is 2.50. The molecule has 3 fully saturated rings. The number of allylic oxidation sites excluding steroid dienone is 2. The zero-order valence-electron chi connectivity index (χ0n) is 15.1. The van der Waals surface area contributed by atoms with Gasteiger partial charge in [0.1, 0.15) is 5.75 Å². The Kier molecular flexibility index (Phi) is 2.89. The topological polar surface area (TPSA) is 26.3 Å². The molecule has 0 N–H and O–H groups in total. The molecular weight excluding hydrogens is 320 g/mol. The van der Waals surface area contributed by atoms with Crippen LogP contribution in [-0.4, -0.2) is 5.97 Å². The molecule has 0 aromatic heterocycles. The molecule has 132 valence electrons. The van der Waals surface area contributed by atoms with E-state index in [1.165, 1.54) is 18.2 Å². The van der Waals surface area contributed by atoms with Crippen molar-refractivity contribution >= 4 is 16.7 Å². The molecule has 4 bridgehead atoms. The molecule has 4 aliphatic carbocycles. The molecule has 0 heterocycles. The molecule has 2 aromatic rings. The predicted molar refractivity (Wildman–Crippen MR) is 102 cm³/mol. The quantitative estimate of drug-likeness (QED) is 0.323. The number of carbonyl (C=O) groups is 1. The Labute approximate surface area is 154 Å². The highest BCUT2D eigenvalue weighted by Crippen LogP contribution is 2.73. The van der Waals surface area contributed by atoms with Crippen molar-refractivity contribution in [3.63, 3.8) is 0 Å². The van der Waals surface area contributed by atoms with Crippen molar-refractivity contribution in [1.82, 2.24) is 0 Å². The van der Waals surface area contributed by atoms with Gasteiger partial charge in [-0.15, -0.1) is 0 Å². The molecule has 2 heteroatoms. The van der Waals surface area contributed by atoms with Crippen molar-refractivity contribution in [2.45, 2.75) is 26.2 Å². The molecule has 7 unspecified atom stereocenters. The molecule has 0 amide bonds. The van der Waals surface area contributed by atoms with Crippen molar-refractivity contribution in [2.75, 3.05) is 0 Å². The molecule has 0 aliphatic heterocycles. The van der Waals surface area contributed by atoms with Gasteiger partial charge in [0, 0.05) is 0 Å². The first-order valence-corrected chi connectivity index (χ1v) is 10.0. The van der Waals surface area contributed by atoms with Gasteiger partial charge in [-0.25, -0.2) is 0 Å². The summed E-state index contributed by atoms with van der Waals surface area (Å²) in [5.74, 6) is 4.17. The van der Waals surface area contributed by atoms with Gasteiger partial charge < -0.3 is 4.74 Å². The van der Waals surface area contributed by atoms with Crippen molar-refractivity contribution in [3.05, 3.63) is 54.6 Å². The van der Waals surface area contributed by atoms with E-state index in [0.29, 0.717) is 34.8 Å². The molecule has 26 heavy (non-hydrogen) atoms. The van der Waals surface area contributed by atoms with Gasteiger partial charge in [-0.3, -0.25) is 4.79 Å². The maximum atomic E-state index is 13.0. The number of rotatable bonds is 2. The van der Waals surface area contributed by atoms with E-state index in [4.69, 9.17) is 4.74 Å². The van der Waals surface area contributed by atoms with E-state index >= 15 is 0 Å². The standard InChI is InChI=1S/C24H24O2/c1-24-17-8-6-16(10-17)22(24)20-12-18(24)13-21(20)23(25)26-19-9-7-14-4-2-3-5-15(14)11-19/h2-9,11,16-18,20-22H,10,12-13H2,1H3. The second-order valence-electron chi connectivity index (χ2n) is 9.15.